The predicted molar refractivity (Wildman–Crippen MR) is 129 cm³/mol. The minimum atomic E-state index is -3.50. The van der Waals surface area contributed by atoms with Crippen LogP contribution in [0.25, 0.3) is 0 Å². The number of aromatic carboxylic acids is 1. The standard InChI is InChI=1S/C24H32N2O5S2/c1-24(2,3)12-11-17-13-19(22(32-17)23(28)29)26-20(16-7-5-4-6-8-16)14-25(15-21(26)27)33(30,31)18-9-10-18/h13,16,18,20H,4-10,14-15H2,1-3H3,(H,28,29)/t20-/m0/s1. The fourth-order valence-corrected chi connectivity index (χ4v) is 7.40. The van der Waals surface area contributed by atoms with E-state index in [1.807, 2.05) is 20.8 Å². The Morgan fingerprint density at radius 2 is 1.82 bits per heavy atom. The summed E-state index contributed by atoms with van der Waals surface area (Å²) in [5, 5.41) is 9.52. The predicted octanol–water partition coefficient (Wildman–Crippen LogP) is 3.93. The van der Waals surface area contributed by atoms with Gasteiger partial charge in [0.1, 0.15) is 4.88 Å². The molecule has 3 fully saturated rings. The minimum absolute atomic E-state index is 0.0841. The van der Waals surface area contributed by atoms with Gasteiger partial charge >= 0.3 is 5.97 Å². The van der Waals surface area contributed by atoms with Crippen molar-refractivity contribution in [3.8, 4) is 11.8 Å². The maximum absolute atomic E-state index is 13.4. The SMILES string of the molecule is CC(C)(C)C#Cc1cc(N2C(=O)CN(S(=O)(=O)C3CC3)C[C@H]2C2CCCCC2)c(C(=O)O)s1. The first-order valence-corrected chi connectivity index (χ1v) is 14.0. The van der Waals surface area contributed by atoms with Crippen molar-refractivity contribution in [3.63, 3.8) is 0 Å². The number of rotatable bonds is 5. The summed E-state index contributed by atoms with van der Waals surface area (Å²) >= 11 is 1.08. The quantitative estimate of drug-likeness (QED) is 0.629. The van der Waals surface area contributed by atoms with Crippen molar-refractivity contribution in [2.24, 2.45) is 11.3 Å². The van der Waals surface area contributed by atoms with E-state index in [1.54, 1.807) is 11.0 Å². The molecule has 1 amide bonds. The molecule has 0 aromatic carbocycles. The van der Waals surface area contributed by atoms with Gasteiger partial charge in [-0.25, -0.2) is 13.2 Å². The molecular formula is C24H32N2O5S2. The Morgan fingerprint density at radius 3 is 2.39 bits per heavy atom. The first kappa shape index (κ1) is 24.2. The maximum atomic E-state index is 13.4. The lowest BCUT2D eigenvalue weighted by molar-refractivity contribution is -0.121. The highest BCUT2D eigenvalue weighted by molar-refractivity contribution is 7.90. The number of sulfonamides is 1. The third-order valence-electron chi connectivity index (χ3n) is 6.53. The number of piperazine rings is 1. The third-order valence-corrected chi connectivity index (χ3v) is 9.87. The molecule has 1 N–H and O–H groups in total. The fourth-order valence-electron chi connectivity index (χ4n) is 4.75. The molecule has 0 spiro atoms. The summed E-state index contributed by atoms with van der Waals surface area (Å²) in [4.78, 5) is 27.8. The molecule has 3 aliphatic rings. The van der Waals surface area contributed by atoms with E-state index in [9.17, 15) is 23.1 Å². The van der Waals surface area contributed by atoms with Crippen LogP contribution in [0.4, 0.5) is 5.69 Å². The van der Waals surface area contributed by atoms with Crippen LogP contribution in [-0.2, 0) is 14.8 Å². The highest BCUT2D eigenvalue weighted by Gasteiger charge is 2.47. The smallest absolute Gasteiger partial charge is 0.348 e. The van der Waals surface area contributed by atoms with Gasteiger partial charge in [0.25, 0.3) is 0 Å². The summed E-state index contributed by atoms with van der Waals surface area (Å²) in [5.41, 5.74) is 0.117. The summed E-state index contributed by atoms with van der Waals surface area (Å²) in [5.74, 6) is 4.89. The first-order valence-electron chi connectivity index (χ1n) is 11.7. The molecule has 2 heterocycles. The van der Waals surface area contributed by atoms with Gasteiger partial charge in [-0.05, 0) is 58.4 Å². The first-order chi connectivity index (χ1) is 15.5. The second-order valence-electron chi connectivity index (χ2n) is 10.4. The Bertz CT molecular complexity index is 1100. The van der Waals surface area contributed by atoms with Crippen molar-refractivity contribution >= 4 is 38.9 Å². The molecule has 4 rings (SSSR count). The molecule has 0 radical (unpaired) electrons. The number of thiophene rings is 1. The van der Waals surface area contributed by atoms with Gasteiger partial charge in [-0.15, -0.1) is 11.3 Å². The lowest BCUT2D eigenvalue weighted by Crippen LogP contribution is -2.61. The molecular weight excluding hydrogens is 460 g/mol. The number of amides is 1. The highest BCUT2D eigenvalue weighted by Crippen LogP contribution is 2.40. The van der Waals surface area contributed by atoms with E-state index in [0.717, 1.165) is 43.4 Å². The Labute approximate surface area is 200 Å². The zero-order valence-corrected chi connectivity index (χ0v) is 21.1. The van der Waals surface area contributed by atoms with Gasteiger partial charge in [-0.2, -0.15) is 4.31 Å². The number of anilines is 1. The lowest BCUT2D eigenvalue weighted by Gasteiger charge is -2.45. The molecule has 1 aromatic rings. The van der Waals surface area contributed by atoms with Crippen LogP contribution in [0.2, 0.25) is 0 Å². The van der Waals surface area contributed by atoms with Crippen LogP contribution in [0.3, 0.4) is 0 Å². The van der Waals surface area contributed by atoms with Crippen molar-refractivity contribution in [1.29, 1.82) is 0 Å². The summed E-state index contributed by atoms with van der Waals surface area (Å²) < 4.78 is 27.3. The third kappa shape index (κ3) is 5.28. The molecule has 1 atom stereocenters. The second-order valence-corrected chi connectivity index (χ2v) is 13.7. The number of carboxylic acids is 1. The highest BCUT2D eigenvalue weighted by atomic mass is 32.2. The fraction of sp³-hybridized carbons (Fsp3) is 0.667. The Morgan fingerprint density at radius 1 is 1.15 bits per heavy atom. The summed E-state index contributed by atoms with van der Waals surface area (Å²) in [6.45, 7) is 5.94. The number of hydrogen-bond acceptors (Lipinski definition) is 5. The minimum Gasteiger partial charge on any atom is -0.477 e. The molecule has 1 aliphatic heterocycles. The summed E-state index contributed by atoms with van der Waals surface area (Å²) in [6.07, 6.45) is 6.33. The van der Waals surface area contributed by atoms with Gasteiger partial charge in [0, 0.05) is 12.0 Å². The van der Waals surface area contributed by atoms with Crippen LogP contribution in [0, 0.1) is 23.2 Å². The van der Waals surface area contributed by atoms with Crippen LogP contribution in [0.1, 0.15) is 80.3 Å². The second kappa shape index (κ2) is 9.05. The monoisotopic (exact) mass is 492 g/mol. The van der Waals surface area contributed by atoms with E-state index < -0.39 is 16.0 Å². The number of nitrogens with zero attached hydrogens (tertiary/aromatic N) is 2. The lowest BCUT2D eigenvalue weighted by atomic mass is 9.82. The molecule has 0 unspecified atom stereocenters. The largest absolute Gasteiger partial charge is 0.477 e. The average Bonchev–Trinajstić information content (AvgIpc) is 3.52. The van der Waals surface area contributed by atoms with Crippen molar-refractivity contribution < 1.29 is 23.1 Å². The normalized spacial score (nSPS) is 23.3. The van der Waals surface area contributed by atoms with E-state index in [-0.39, 0.29) is 46.5 Å². The summed E-state index contributed by atoms with van der Waals surface area (Å²) in [7, 11) is -3.50. The zero-order chi connectivity index (χ0) is 24.0. The zero-order valence-electron chi connectivity index (χ0n) is 19.5. The average molecular weight is 493 g/mol. The molecule has 7 nitrogen and oxygen atoms in total. The van der Waals surface area contributed by atoms with Crippen LogP contribution < -0.4 is 4.90 Å². The number of carboxylic acid groups (broad SMARTS) is 1. The van der Waals surface area contributed by atoms with E-state index in [1.165, 1.54) is 4.31 Å². The van der Waals surface area contributed by atoms with E-state index in [2.05, 4.69) is 11.8 Å². The molecule has 180 valence electrons. The number of carbonyl (C=O) groups excluding carboxylic acids is 1. The van der Waals surface area contributed by atoms with Crippen LogP contribution >= 0.6 is 11.3 Å². The van der Waals surface area contributed by atoms with Crippen molar-refractivity contribution in [1.82, 2.24) is 4.31 Å². The molecule has 33 heavy (non-hydrogen) atoms. The Hall–Kier alpha value is -1.89. The van der Waals surface area contributed by atoms with Crippen molar-refractivity contribution in [2.75, 3.05) is 18.0 Å². The Balaban J connectivity index is 1.74. The van der Waals surface area contributed by atoms with Gasteiger partial charge in [0.15, 0.2) is 0 Å². The molecule has 1 aromatic heterocycles. The maximum Gasteiger partial charge on any atom is 0.348 e. The topological polar surface area (TPSA) is 95.0 Å². The Kier molecular flexibility index (Phi) is 6.64. The van der Waals surface area contributed by atoms with E-state index >= 15 is 0 Å². The van der Waals surface area contributed by atoms with Crippen molar-refractivity contribution in [2.45, 2.75) is 77.0 Å². The molecule has 1 saturated heterocycles. The number of carbonyl (C=O) groups is 2. The van der Waals surface area contributed by atoms with E-state index in [0.29, 0.717) is 23.4 Å². The van der Waals surface area contributed by atoms with Gasteiger partial charge in [0.05, 0.1) is 28.4 Å². The number of hydrogen-bond donors (Lipinski definition) is 1. The van der Waals surface area contributed by atoms with Crippen LogP contribution in [0.15, 0.2) is 6.07 Å². The van der Waals surface area contributed by atoms with Gasteiger partial charge < -0.3 is 10.0 Å². The van der Waals surface area contributed by atoms with Gasteiger partial charge in [-0.3, -0.25) is 4.79 Å². The van der Waals surface area contributed by atoms with E-state index in [4.69, 9.17) is 0 Å². The van der Waals surface area contributed by atoms with Crippen molar-refractivity contribution in [3.05, 3.63) is 15.8 Å². The molecule has 2 saturated carbocycles. The van der Waals surface area contributed by atoms with Gasteiger partial charge in [-0.1, -0.05) is 31.1 Å². The van der Waals surface area contributed by atoms with Gasteiger partial charge in [0.2, 0.25) is 15.9 Å². The van der Waals surface area contributed by atoms with Crippen LogP contribution in [-0.4, -0.2) is 54.1 Å². The molecule has 0 bridgehead atoms. The van der Waals surface area contributed by atoms with Crippen LogP contribution in [0.5, 0.6) is 0 Å². The summed E-state index contributed by atoms with van der Waals surface area (Å²) in [6, 6.07) is 1.34. The molecule has 9 heteroatoms. The molecule has 2 aliphatic carbocycles.